The number of carbonyl (C=O) groups is 1. The fourth-order valence-corrected chi connectivity index (χ4v) is 3.61. The van der Waals surface area contributed by atoms with E-state index >= 15 is 0 Å². The maximum Gasteiger partial charge on any atom is 0.274 e. The standard InChI is InChI=1S/C19H20N4O2/c1-22-12-15(14-5-9-21-17(14)19(22)25)18(24)23-10-6-13(7-11-23)16-4-2-3-8-20-16/h2-5,8-9,12-13,21H,6-7,10-11H2,1H3. The number of aromatic nitrogens is 3. The van der Waals surface area contributed by atoms with Crippen molar-refractivity contribution in [2.45, 2.75) is 18.8 Å². The number of likely N-dealkylation sites (tertiary alicyclic amines) is 1. The number of hydrogen-bond acceptors (Lipinski definition) is 3. The first kappa shape index (κ1) is 15.6. The lowest BCUT2D eigenvalue weighted by molar-refractivity contribution is 0.0713. The van der Waals surface area contributed by atoms with Gasteiger partial charge in [0.05, 0.1) is 5.56 Å². The predicted molar refractivity (Wildman–Crippen MR) is 95.7 cm³/mol. The molecule has 0 bridgehead atoms. The molecule has 0 aromatic carbocycles. The van der Waals surface area contributed by atoms with Crippen LogP contribution in [0.2, 0.25) is 0 Å². The second kappa shape index (κ2) is 6.20. The Hall–Kier alpha value is -2.89. The average molecular weight is 336 g/mol. The molecule has 25 heavy (non-hydrogen) atoms. The van der Waals surface area contributed by atoms with Crippen molar-refractivity contribution in [3.05, 3.63) is 64.5 Å². The van der Waals surface area contributed by atoms with Gasteiger partial charge >= 0.3 is 0 Å². The van der Waals surface area contributed by atoms with E-state index < -0.39 is 0 Å². The number of amides is 1. The third-order valence-corrected chi connectivity index (χ3v) is 5.01. The monoisotopic (exact) mass is 336 g/mol. The van der Waals surface area contributed by atoms with Crippen LogP contribution in [-0.2, 0) is 7.05 Å². The third kappa shape index (κ3) is 2.73. The second-order valence-electron chi connectivity index (χ2n) is 6.55. The molecule has 0 spiro atoms. The van der Waals surface area contributed by atoms with Crippen molar-refractivity contribution in [3.63, 3.8) is 0 Å². The fraction of sp³-hybridized carbons (Fsp3) is 0.316. The Morgan fingerprint density at radius 2 is 2.04 bits per heavy atom. The van der Waals surface area contributed by atoms with Gasteiger partial charge in [-0.2, -0.15) is 0 Å². The smallest absolute Gasteiger partial charge is 0.274 e. The Kier molecular flexibility index (Phi) is 3.87. The molecule has 0 saturated carbocycles. The molecule has 3 aromatic rings. The highest BCUT2D eigenvalue weighted by molar-refractivity contribution is 6.05. The summed E-state index contributed by atoms with van der Waals surface area (Å²) in [4.78, 5) is 34.4. The SMILES string of the molecule is Cn1cc(C(=O)N2CCC(c3ccccn3)CC2)c2cc[nH]c2c1=O. The molecule has 6 nitrogen and oxygen atoms in total. The summed E-state index contributed by atoms with van der Waals surface area (Å²) in [6.07, 6.45) is 6.98. The molecular weight excluding hydrogens is 316 g/mol. The van der Waals surface area contributed by atoms with Gasteiger partial charge in [-0.3, -0.25) is 14.6 Å². The van der Waals surface area contributed by atoms with Crippen LogP contribution < -0.4 is 5.56 Å². The Balaban J connectivity index is 1.56. The van der Waals surface area contributed by atoms with Gasteiger partial charge in [0, 0.05) is 55.7 Å². The predicted octanol–water partition coefficient (Wildman–Crippen LogP) is 2.28. The average Bonchev–Trinajstić information content (AvgIpc) is 3.15. The van der Waals surface area contributed by atoms with Crippen molar-refractivity contribution < 1.29 is 4.79 Å². The number of nitrogens with zero attached hydrogens (tertiary/aromatic N) is 3. The summed E-state index contributed by atoms with van der Waals surface area (Å²) >= 11 is 0. The van der Waals surface area contributed by atoms with Gasteiger partial charge in [0.1, 0.15) is 5.52 Å². The minimum Gasteiger partial charge on any atom is -0.357 e. The second-order valence-corrected chi connectivity index (χ2v) is 6.55. The molecule has 1 saturated heterocycles. The Bertz CT molecular complexity index is 966. The van der Waals surface area contributed by atoms with Gasteiger partial charge < -0.3 is 14.5 Å². The highest BCUT2D eigenvalue weighted by Gasteiger charge is 2.26. The Morgan fingerprint density at radius 1 is 1.24 bits per heavy atom. The first-order valence-electron chi connectivity index (χ1n) is 8.52. The number of nitrogens with one attached hydrogen (secondary N) is 1. The normalized spacial score (nSPS) is 15.6. The molecule has 0 radical (unpaired) electrons. The van der Waals surface area contributed by atoms with Crippen LogP contribution in [0.5, 0.6) is 0 Å². The summed E-state index contributed by atoms with van der Waals surface area (Å²) in [5, 5.41) is 0.694. The zero-order valence-electron chi connectivity index (χ0n) is 14.1. The highest BCUT2D eigenvalue weighted by atomic mass is 16.2. The molecule has 4 heterocycles. The van der Waals surface area contributed by atoms with Gasteiger partial charge in [-0.1, -0.05) is 6.07 Å². The van der Waals surface area contributed by atoms with E-state index in [2.05, 4.69) is 16.0 Å². The van der Waals surface area contributed by atoms with Crippen LogP contribution in [0, 0.1) is 0 Å². The van der Waals surface area contributed by atoms with E-state index in [0.29, 0.717) is 35.5 Å². The van der Waals surface area contributed by atoms with Gasteiger partial charge in [0.2, 0.25) is 0 Å². The van der Waals surface area contributed by atoms with Crippen molar-refractivity contribution in [1.29, 1.82) is 0 Å². The molecule has 1 N–H and O–H groups in total. The molecule has 0 aliphatic carbocycles. The van der Waals surface area contributed by atoms with E-state index in [1.54, 1.807) is 25.5 Å². The van der Waals surface area contributed by atoms with Crippen LogP contribution in [0.4, 0.5) is 0 Å². The lowest BCUT2D eigenvalue weighted by Crippen LogP contribution is -2.38. The molecular formula is C19H20N4O2. The molecule has 4 rings (SSSR count). The van der Waals surface area contributed by atoms with Crippen LogP contribution in [0.1, 0.15) is 34.8 Å². The maximum atomic E-state index is 13.0. The quantitative estimate of drug-likeness (QED) is 0.780. The van der Waals surface area contributed by atoms with E-state index in [-0.39, 0.29) is 11.5 Å². The molecule has 0 unspecified atom stereocenters. The lowest BCUT2D eigenvalue weighted by atomic mass is 9.92. The number of aryl methyl sites for hydroxylation is 1. The summed E-state index contributed by atoms with van der Waals surface area (Å²) < 4.78 is 1.46. The number of piperidine rings is 1. The number of pyridine rings is 2. The molecule has 3 aromatic heterocycles. The highest BCUT2D eigenvalue weighted by Crippen LogP contribution is 2.27. The fourth-order valence-electron chi connectivity index (χ4n) is 3.61. The van der Waals surface area contributed by atoms with Gasteiger partial charge in [-0.15, -0.1) is 0 Å². The van der Waals surface area contributed by atoms with E-state index in [1.165, 1.54) is 4.57 Å². The van der Waals surface area contributed by atoms with Gasteiger partial charge in [0.15, 0.2) is 0 Å². The largest absolute Gasteiger partial charge is 0.357 e. The van der Waals surface area contributed by atoms with Crippen LogP contribution in [-0.4, -0.2) is 38.4 Å². The molecule has 1 amide bonds. The van der Waals surface area contributed by atoms with Crippen LogP contribution >= 0.6 is 0 Å². The first-order valence-corrected chi connectivity index (χ1v) is 8.52. The summed E-state index contributed by atoms with van der Waals surface area (Å²) in [7, 11) is 1.67. The van der Waals surface area contributed by atoms with Gasteiger partial charge in [-0.05, 0) is 31.0 Å². The molecule has 128 valence electrons. The number of rotatable bonds is 2. The third-order valence-electron chi connectivity index (χ3n) is 5.01. The molecule has 1 fully saturated rings. The van der Waals surface area contributed by atoms with Crippen LogP contribution in [0.25, 0.3) is 10.9 Å². The van der Waals surface area contributed by atoms with E-state index in [0.717, 1.165) is 18.5 Å². The zero-order valence-corrected chi connectivity index (χ0v) is 14.1. The van der Waals surface area contributed by atoms with Gasteiger partial charge in [0.25, 0.3) is 11.5 Å². The summed E-state index contributed by atoms with van der Waals surface area (Å²) in [5.41, 5.74) is 2.04. The van der Waals surface area contributed by atoms with Gasteiger partial charge in [-0.25, -0.2) is 0 Å². The molecule has 1 aliphatic heterocycles. The minimum atomic E-state index is -0.120. The zero-order chi connectivity index (χ0) is 17.4. The van der Waals surface area contributed by atoms with Crippen molar-refractivity contribution in [2.75, 3.05) is 13.1 Å². The topological polar surface area (TPSA) is 71.0 Å². The van der Waals surface area contributed by atoms with Crippen molar-refractivity contribution >= 4 is 16.8 Å². The lowest BCUT2D eigenvalue weighted by Gasteiger charge is -2.32. The van der Waals surface area contributed by atoms with Crippen LogP contribution in [0.3, 0.4) is 0 Å². The number of fused-ring (bicyclic) bond motifs is 1. The number of carbonyl (C=O) groups excluding carboxylic acids is 1. The van der Waals surface area contributed by atoms with E-state index in [1.807, 2.05) is 23.2 Å². The molecule has 6 heteroatoms. The summed E-state index contributed by atoms with van der Waals surface area (Å²) in [5.74, 6) is 0.386. The van der Waals surface area contributed by atoms with Crippen molar-refractivity contribution in [2.24, 2.45) is 7.05 Å². The summed E-state index contributed by atoms with van der Waals surface area (Å²) in [6, 6.07) is 7.78. The van der Waals surface area contributed by atoms with Crippen LogP contribution in [0.15, 0.2) is 47.7 Å². The number of H-pyrrole nitrogens is 1. The van der Waals surface area contributed by atoms with Crippen molar-refractivity contribution in [1.82, 2.24) is 19.4 Å². The number of hydrogen-bond donors (Lipinski definition) is 1. The Morgan fingerprint density at radius 3 is 2.76 bits per heavy atom. The van der Waals surface area contributed by atoms with E-state index in [4.69, 9.17) is 0 Å². The van der Waals surface area contributed by atoms with Crippen molar-refractivity contribution in [3.8, 4) is 0 Å². The molecule has 0 atom stereocenters. The minimum absolute atomic E-state index is 0.0142. The maximum absolute atomic E-state index is 13.0. The number of aromatic amines is 1. The molecule has 1 aliphatic rings. The Labute approximate surface area is 145 Å². The first-order chi connectivity index (χ1) is 12.1. The summed E-state index contributed by atoms with van der Waals surface area (Å²) in [6.45, 7) is 1.41. The van der Waals surface area contributed by atoms with E-state index in [9.17, 15) is 9.59 Å².